The van der Waals surface area contributed by atoms with Crippen molar-refractivity contribution in [2.45, 2.75) is 52.7 Å². The van der Waals surface area contributed by atoms with Crippen molar-refractivity contribution in [1.29, 1.82) is 0 Å². The molecule has 0 aliphatic rings. The van der Waals surface area contributed by atoms with Gasteiger partial charge in [-0.3, -0.25) is 9.69 Å². The Morgan fingerprint density at radius 1 is 1.14 bits per heavy atom. The Hall–Kier alpha value is -1.39. The van der Waals surface area contributed by atoms with Crippen molar-refractivity contribution in [2.75, 3.05) is 13.1 Å². The molecule has 4 nitrogen and oxygen atoms in total. The number of carbonyl (C=O) groups is 1. The van der Waals surface area contributed by atoms with E-state index in [0.29, 0.717) is 13.0 Å². The van der Waals surface area contributed by atoms with E-state index in [0.717, 1.165) is 25.2 Å². The Labute approximate surface area is 128 Å². The molecule has 1 amide bonds. The molecule has 0 atom stereocenters. The number of hydrogen-bond acceptors (Lipinski definition) is 3. The quantitative estimate of drug-likeness (QED) is 0.772. The molecule has 4 heteroatoms. The first-order valence-corrected chi connectivity index (χ1v) is 7.69. The topological polar surface area (TPSA) is 58.4 Å². The first kappa shape index (κ1) is 17.7. The van der Waals surface area contributed by atoms with Gasteiger partial charge >= 0.3 is 0 Å². The van der Waals surface area contributed by atoms with Crippen LogP contribution in [0.15, 0.2) is 24.3 Å². The maximum Gasteiger partial charge on any atom is 0.222 e. The van der Waals surface area contributed by atoms with Crippen molar-refractivity contribution in [1.82, 2.24) is 10.2 Å². The molecule has 0 saturated heterocycles. The molecule has 0 bridgehead atoms. The molecule has 0 fully saturated rings. The van der Waals surface area contributed by atoms with E-state index in [-0.39, 0.29) is 5.91 Å². The molecule has 21 heavy (non-hydrogen) atoms. The van der Waals surface area contributed by atoms with Gasteiger partial charge in [0.05, 0.1) is 0 Å². The molecule has 0 spiro atoms. The molecule has 1 rings (SSSR count). The molecule has 118 valence electrons. The van der Waals surface area contributed by atoms with Gasteiger partial charge in [-0.05, 0) is 38.1 Å². The summed E-state index contributed by atoms with van der Waals surface area (Å²) in [6.07, 6.45) is 0.340. The molecule has 0 aliphatic carbocycles. The summed E-state index contributed by atoms with van der Waals surface area (Å²) in [5.41, 5.74) is 7.79. The predicted molar refractivity (Wildman–Crippen MR) is 87.8 cm³/mol. The molecule has 1 aromatic carbocycles. The fraction of sp³-hybridized carbons (Fsp3) is 0.588. The summed E-state index contributed by atoms with van der Waals surface area (Å²) in [5, 5.41) is 2.91. The van der Waals surface area contributed by atoms with E-state index in [4.69, 9.17) is 5.73 Å². The number of benzene rings is 1. The Morgan fingerprint density at radius 2 is 1.67 bits per heavy atom. The summed E-state index contributed by atoms with van der Waals surface area (Å²) in [4.78, 5) is 14.1. The van der Waals surface area contributed by atoms with Gasteiger partial charge < -0.3 is 11.1 Å². The number of carbonyl (C=O) groups excluding carboxylic acids is 1. The lowest BCUT2D eigenvalue weighted by Gasteiger charge is -2.18. The fourth-order valence-electron chi connectivity index (χ4n) is 2.14. The first-order valence-electron chi connectivity index (χ1n) is 7.69. The zero-order valence-electron chi connectivity index (χ0n) is 13.8. The van der Waals surface area contributed by atoms with Crippen LogP contribution in [0.5, 0.6) is 0 Å². The van der Waals surface area contributed by atoms with Gasteiger partial charge in [-0.25, -0.2) is 0 Å². The minimum Gasteiger partial charge on any atom is -0.352 e. The van der Waals surface area contributed by atoms with E-state index in [1.807, 2.05) is 13.8 Å². The monoisotopic (exact) mass is 291 g/mol. The summed E-state index contributed by atoms with van der Waals surface area (Å²) >= 11 is 0. The third-order valence-corrected chi connectivity index (χ3v) is 3.43. The summed E-state index contributed by atoms with van der Waals surface area (Å²) < 4.78 is 0. The van der Waals surface area contributed by atoms with Gasteiger partial charge in [0.15, 0.2) is 0 Å². The second-order valence-electron chi connectivity index (χ2n) is 6.22. The largest absolute Gasteiger partial charge is 0.352 e. The van der Waals surface area contributed by atoms with Crippen LogP contribution >= 0.6 is 0 Å². The fourth-order valence-corrected chi connectivity index (χ4v) is 2.14. The smallest absolute Gasteiger partial charge is 0.222 e. The molecule has 0 aliphatic heterocycles. The average Bonchev–Trinajstić information content (AvgIpc) is 2.42. The van der Waals surface area contributed by atoms with E-state index in [1.165, 1.54) is 5.56 Å². The predicted octanol–water partition coefficient (Wildman–Crippen LogP) is 2.27. The Balaban J connectivity index is 2.46. The van der Waals surface area contributed by atoms with Gasteiger partial charge in [0, 0.05) is 25.0 Å². The first-order chi connectivity index (χ1) is 9.84. The standard InChI is InChI=1S/C17H29N3O/c1-5-20(6-2)13-15-9-7-14(8-10-15)12-19-16(21)11-17(3,4)18/h7-10H,5-6,11-13,18H2,1-4H3,(H,19,21). The van der Waals surface area contributed by atoms with Crippen molar-refractivity contribution in [3.05, 3.63) is 35.4 Å². The minimum absolute atomic E-state index is 0.00489. The Kier molecular flexibility index (Phi) is 6.85. The molecule has 0 unspecified atom stereocenters. The molecule has 0 radical (unpaired) electrons. The Morgan fingerprint density at radius 3 is 2.14 bits per heavy atom. The van der Waals surface area contributed by atoms with Gasteiger partial charge in [0.2, 0.25) is 5.91 Å². The molecule has 0 heterocycles. The SMILES string of the molecule is CCN(CC)Cc1ccc(CNC(=O)CC(C)(C)N)cc1. The van der Waals surface area contributed by atoms with Crippen LogP contribution < -0.4 is 11.1 Å². The van der Waals surface area contributed by atoms with Crippen LogP contribution in [0.25, 0.3) is 0 Å². The number of nitrogens with one attached hydrogen (secondary N) is 1. The Bertz CT molecular complexity index is 430. The minimum atomic E-state index is -0.461. The average molecular weight is 291 g/mol. The van der Waals surface area contributed by atoms with E-state index in [2.05, 4.69) is 48.3 Å². The normalized spacial score (nSPS) is 11.7. The second-order valence-corrected chi connectivity index (χ2v) is 6.22. The highest BCUT2D eigenvalue weighted by Crippen LogP contribution is 2.08. The highest BCUT2D eigenvalue weighted by Gasteiger charge is 2.15. The summed E-state index contributed by atoms with van der Waals surface area (Å²) in [6, 6.07) is 8.42. The summed E-state index contributed by atoms with van der Waals surface area (Å²) in [5.74, 6) is -0.00489. The molecule has 0 aromatic heterocycles. The van der Waals surface area contributed by atoms with Crippen LogP contribution in [-0.4, -0.2) is 29.4 Å². The third kappa shape index (κ3) is 7.25. The maximum absolute atomic E-state index is 11.7. The maximum atomic E-state index is 11.7. The van der Waals surface area contributed by atoms with Crippen molar-refractivity contribution >= 4 is 5.91 Å². The van der Waals surface area contributed by atoms with Gasteiger partial charge in [-0.1, -0.05) is 38.1 Å². The van der Waals surface area contributed by atoms with Crippen LogP contribution in [0.4, 0.5) is 0 Å². The van der Waals surface area contributed by atoms with E-state index in [1.54, 1.807) is 0 Å². The highest BCUT2D eigenvalue weighted by atomic mass is 16.1. The van der Waals surface area contributed by atoms with Crippen LogP contribution in [0.1, 0.15) is 45.2 Å². The van der Waals surface area contributed by atoms with Crippen molar-refractivity contribution in [3.63, 3.8) is 0 Å². The summed E-state index contributed by atoms with van der Waals surface area (Å²) in [6.45, 7) is 11.7. The van der Waals surface area contributed by atoms with Crippen LogP contribution in [-0.2, 0) is 17.9 Å². The van der Waals surface area contributed by atoms with E-state index < -0.39 is 5.54 Å². The third-order valence-electron chi connectivity index (χ3n) is 3.43. The van der Waals surface area contributed by atoms with Crippen molar-refractivity contribution < 1.29 is 4.79 Å². The number of nitrogens with two attached hydrogens (primary N) is 1. The molecular formula is C17H29N3O. The highest BCUT2D eigenvalue weighted by molar-refractivity contribution is 5.77. The van der Waals surface area contributed by atoms with Gasteiger partial charge in [0.25, 0.3) is 0 Å². The molecular weight excluding hydrogens is 262 g/mol. The van der Waals surface area contributed by atoms with Gasteiger partial charge in [-0.15, -0.1) is 0 Å². The zero-order chi connectivity index (χ0) is 15.9. The van der Waals surface area contributed by atoms with Gasteiger partial charge in [0.1, 0.15) is 0 Å². The molecule has 3 N–H and O–H groups in total. The number of nitrogens with zero attached hydrogens (tertiary/aromatic N) is 1. The summed E-state index contributed by atoms with van der Waals surface area (Å²) in [7, 11) is 0. The number of hydrogen-bond donors (Lipinski definition) is 2. The van der Waals surface area contributed by atoms with Gasteiger partial charge in [-0.2, -0.15) is 0 Å². The zero-order valence-corrected chi connectivity index (χ0v) is 13.8. The molecule has 1 aromatic rings. The number of rotatable bonds is 8. The van der Waals surface area contributed by atoms with E-state index >= 15 is 0 Å². The lowest BCUT2D eigenvalue weighted by molar-refractivity contribution is -0.122. The van der Waals surface area contributed by atoms with Crippen LogP contribution in [0.2, 0.25) is 0 Å². The van der Waals surface area contributed by atoms with Crippen LogP contribution in [0, 0.1) is 0 Å². The lowest BCUT2D eigenvalue weighted by Crippen LogP contribution is -2.38. The van der Waals surface area contributed by atoms with E-state index in [9.17, 15) is 4.79 Å². The molecule has 0 saturated carbocycles. The number of amides is 1. The van der Waals surface area contributed by atoms with Crippen molar-refractivity contribution in [3.8, 4) is 0 Å². The van der Waals surface area contributed by atoms with Crippen molar-refractivity contribution in [2.24, 2.45) is 5.73 Å². The lowest BCUT2D eigenvalue weighted by atomic mass is 10.0. The second kappa shape index (κ2) is 8.15. The van der Waals surface area contributed by atoms with Crippen LogP contribution in [0.3, 0.4) is 0 Å².